The lowest BCUT2D eigenvalue weighted by atomic mass is 9.96. The number of nitrogens with one attached hydrogen (secondary N) is 2. The molecule has 1 amide bonds. The first kappa shape index (κ1) is 15.7. The molecule has 0 aliphatic carbocycles. The molecule has 1 aliphatic rings. The third kappa shape index (κ3) is 4.67. The summed E-state index contributed by atoms with van der Waals surface area (Å²) in [5.41, 5.74) is 0.540. The van der Waals surface area contributed by atoms with Crippen LogP contribution in [0.5, 0.6) is 0 Å². The van der Waals surface area contributed by atoms with E-state index in [2.05, 4.69) is 34.0 Å². The van der Waals surface area contributed by atoms with E-state index >= 15 is 0 Å². The van der Waals surface area contributed by atoms with Crippen molar-refractivity contribution in [2.24, 2.45) is 5.92 Å². The van der Waals surface area contributed by atoms with E-state index in [1.165, 1.54) is 12.4 Å². The van der Waals surface area contributed by atoms with E-state index in [0.717, 1.165) is 25.9 Å². The molecule has 1 fully saturated rings. The lowest BCUT2D eigenvalue weighted by molar-refractivity contribution is -0.126. The zero-order valence-corrected chi connectivity index (χ0v) is 12.8. The van der Waals surface area contributed by atoms with Gasteiger partial charge < -0.3 is 15.2 Å². The number of hydrogen-bond acceptors (Lipinski definition) is 4. The van der Waals surface area contributed by atoms with E-state index in [1.54, 1.807) is 0 Å². The summed E-state index contributed by atoms with van der Waals surface area (Å²) in [4.78, 5) is 32.2. The minimum absolute atomic E-state index is 0.0771. The van der Waals surface area contributed by atoms with Crippen LogP contribution in [0.1, 0.15) is 32.4 Å². The second-order valence-electron chi connectivity index (χ2n) is 5.87. The molecular weight excluding hydrogens is 268 g/mol. The number of aromatic amines is 1. The van der Waals surface area contributed by atoms with Crippen LogP contribution in [0.4, 0.5) is 0 Å². The number of carbonyl (C=O) groups is 1. The molecule has 0 saturated carbocycles. The van der Waals surface area contributed by atoms with Crippen molar-refractivity contribution in [1.82, 2.24) is 20.2 Å². The predicted molar refractivity (Wildman–Crippen MR) is 81.0 cm³/mol. The van der Waals surface area contributed by atoms with Crippen LogP contribution >= 0.6 is 0 Å². The van der Waals surface area contributed by atoms with Crippen molar-refractivity contribution in [2.45, 2.75) is 39.2 Å². The number of hydrogen-bond donors (Lipinski definition) is 2. The Morgan fingerprint density at radius 2 is 2.38 bits per heavy atom. The maximum atomic E-state index is 12.2. The van der Waals surface area contributed by atoms with Crippen molar-refractivity contribution in [3.8, 4) is 0 Å². The van der Waals surface area contributed by atoms with Crippen molar-refractivity contribution in [1.29, 1.82) is 0 Å². The van der Waals surface area contributed by atoms with E-state index in [-0.39, 0.29) is 17.4 Å². The van der Waals surface area contributed by atoms with Gasteiger partial charge in [0.15, 0.2) is 0 Å². The number of likely N-dealkylation sites (tertiary alicyclic amines) is 1. The van der Waals surface area contributed by atoms with Gasteiger partial charge in [-0.15, -0.1) is 0 Å². The third-order valence-corrected chi connectivity index (χ3v) is 3.97. The van der Waals surface area contributed by atoms with E-state index in [4.69, 9.17) is 0 Å². The summed E-state index contributed by atoms with van der Waals surface area (Å²) < 4.78 is 0. The number of nitrogens with zero attached hydrogens (tertiary/aromatic N) is 2. The summed E-state index contributed by atoms with van der Waals surface area (Å²) in [5.74, 6) is 0.193. The average molecular weight is 292 g/mol. The SMILES string of the molecule is CC(C)N1CCC[C@H](C(=O)NCCc2cc(=O)[nH]cn2)C1. The van der Waals surface area contributed by atoms with E-state index in [0.29, 0.717) is 24.7 Å². The summed E-state index contributed by atoms with van der Waals surface area (Å²) in [6.45, 7) is 6.77. The quantitative estimate of drug-likeness (QED) is 0.831. The fourth-order valence-electron chi connectivity index (χ4n) is 2.69. The van der Waals surface area contributed by atoms with Gasteiger partial charge in [-0.25, -0.2) is 4.98 Å². The third-order valence-electron chi connectivity index (χ3n) is 3.97. The van der Waals surface area contributed by atoms with Crippen LogP contribution in [0.3, 0.4) is 0 Å². The Kier molecular flexibility index (Phi) is 5.50. The maximum Gasteiger partial charge on any atom is 0.250 e. The lowest BCUT2D eigenvalue weighted by Gasteiger charge is -2.34. The van der Waals surface area contributed by atoms with Gasteiger partial charge in [-0.2, -0.15) is 0 Å². The van der Waals surface area contributed by atoms with Gasteiger partial charge in [-0.1, -0.05) is 0 Å². The minimum Gasteiger partial charge on any atom is -0.355 e. The Balaban J connectivity index is 1.78. The molecule has 2 rings (SSSR count). The van der Waals surface area contributed by atoms with Gasteiger partial charge in [-0.3, -0.25) is 9.59 Å². The van der Waals surface area contributed by atoms with Gasteiger partial charge in [0.05, 0.1) is 12.2 Å². The molecule has 2 heterocycles. The molecule has 2 N–H and O–H groups in total. The molecule has 1 saturated heterocycles. The first-order valence-electron chi connectivity index (χ1n) is 7.61. The standard InChI is InChI=1S/C15H24N4O2/c1-11(2)19-7-3-4-12(9-19)15(21)16-6-5-13-8-14(20)18-10-17-13/h8,10-12H,3-7,9H2,1-2H3,(H,16,21)(H,17,18,20)/t12-/m0/s1. The Labute approximate surface area is 125 Å². The maximum absolute atomic E-state index is 12.2. The van der Waals surface area contributed by atoms with Gasteiger partial charge >= 0.3 is 0 Å². The smallest absolute Gasteiger partial charge is 0.250 e. The zero-order valence-electron chi connectivity index (χ0n) is 12.8. The molecule has 1 aliphatic heterocycles. The summed E-state index contributed by atoms with van der Waals surface area (Å²) in [5, 5.41) is 2.96. The molecule has 0 unspecified atom stereocenters. The Morgan fingerprint density at radius 3 is 3.10 bits per heavy atom. The minimum atomic E-state index is -0.161. The number of piperidine rings is 1. The van der Waals surface area contributed by atoms with E-state index in [9.17, 15) is 9.59 Å². The molecule has 0 aromatic carbocycles. The van der Waals surface area contributed by atoms with Crippen molar-refractivity contribution >= 4 is 5.91 Å². The molecule has 1 aromatic heterocycles. The normalized spacial score (nSPS) is 19.7. The number of H-pyrrole nitrogens is 1. The Morgan fingerprint density at radius 1 is 1.57 bits per heavy atom. The first-order chi connectivity index (χ1) is 10.1. The lowest BCUT2D eigenvalue weighted by Crippen LogP contribution is -2.45. The molecule has 1 atom stereocenters. The van der Waals surface area contributed by atoms with E-state index in [1.807, 2.05) is 0 Å². The van der Waals surface area contributed by atoms with Gasteiger partial charge in [0.25, 0.3) is 5.56 Å². The Hall–Kier alpha value is -1.69. The van der Waals surface area contributed by atoms with Crippen LogP contribution in [0.2, 0.25) is 0 Å². The molecule has 0 bridgehead atoms. The van der Waals surface area contributed by atoms with Crippen LogP contribution in [0.25, 0.3) is 0 Å². The molecular formula is C15H24N4O2. The topological polar surface area (TPSA) is 78.1 Å². The highest BCUT2D eigenvalue weighted by atomic mass is 16.2. The fourth-order valence-corrected chi connectivity index (χ4v) is 2.69. The summed E-state index contributed by atoms with van der Waals surface area (Å²) in [6, 6.07) is 1.95. The highest BCUT2D eigenvalue weighted by Gasteiger charge is 2.26. The van der Waals surface area contributed by atoms with Crippen LogP contribution in [0.15, 0.2) is 17.2 Å². The number of rotatable bonds is 5. The van der Waals surface area contributed by atoms with Gasteiger partial charge in [0, 0.05) is 37.3 Å². The van der Waals surface area contributed by atoms with Crippen LogP contribution < -0.4 is 10.9 Å². The van der Waals surface area contributed by atoms with Crippen LogP contribution in [0, 0.1) is 5.92 Å². The summed E-state index contributed by atoms with van der Waals surface area (Å²) in [6.07, 6.45) is 4.00. The highest BCUT2D eigenvalue weighted by molar-refractivity contribution is 5.78. The molecule has 0 radical (unpaired) electrons. The van der Waals surface area contributed by atoms with Crippen LogP contribution in [-0.4, -0.2) is 46.5 Å². The van der Waals surface area contributed by atoms with Crippen molar-refractivity contribution in [3.05, 3.63) is 28.4 Å². The first-order valence-corrected chi connectivity index (χ1v) is 7.61. The molecule has 0 spiro atoms. The monoisotopic (exact) mass is 292 g/mol. The zero-order chi connectivity index (χ0) is 15.2. The van der Waals surface area contributed by atoms with Crippen molar-refractivity contribution in [3.63, 3.8) is 0 Å². The van der Waals surface area contributed by atoms with Gasteiger partial charge in [-0.05, 0) is 33.2 Å². The molecule has 1 aromatic rings. The molecule has 116 valence electrons. The van der Waals surface area contributed by atoms with Crippen molar-refractivity contribution in [2.75, 3.05) is 19.6 Å². The number of aromatic nitrogens is 2. The Bertz CT molecular complexity index is 526. The van der Waals surface area contributed by atoms with Gasteiger partial charge in [0.1, 0.15) is 0 Å². The van der Waals surface area contributed by atoms with E-state index < -0.39 is 0 Å². The summed E-state index contributed by atoms with van der Waals surface area (Å²) in [7, 11) is 0. The fraction of sp³-hybridized carbons (Fsp3) is 0.667. The van der Waals surface area contributed by atoms with Crippen molar-refractivity contribution < 1.29 is 4.79 Å². The molecule has 6 nitrogen and oxygen atoms in total. The number of carbonyl (C=O) groups excluding carboxylic acids is 1. The number of amides is 1. The predicted octanol–water partition coefficient (Wildman–Crippen LogP) is 0.549. The molecule has 21 heavy (non-hydrogen) atoms. The van der Waals surface area contributed by atoms with Crippen LogP contribution in [-0.2, 0) is 11.2 Å². The second-order valence-corrected chi connectivity index (χ2v) is 5.87. The average Bonchev–Trinajstić information content (AvgIpc) is 2.47. The molecule has 6 heteroatoms. The largest absolute Gasteiger partial charge is 0.355 e. The summed E-state index contributed by atoms with van der Waals surface area (Å²) >= 11 is 0. The van der Waals surface area contributed by atoms with Gasteiger partial charge in [0.2, 0.25) is 5.91 Å². The highest BCUT2D eigenvalue weighted by Crippen LogP contribution is 2.18. The second kappa shape index (κ2) is 7.36.